The average molecular weight is 330 g/mol. The first-order chi connectivity index (χ1) is 11.8. The first-order valence-electron chi connectivity index (χ1n) is 9.18. The number of fused-ring (bicyclic) bond motifs is 1. The highest BCUT2D eigenvalue weighted by Gasteiger charge is 2.44. The number of hydrogen-bond acceptors (Lipinski definition) is 4. The molecule has 24 heavy (non-hydrogen) atoms. The van der Waals surface area contributed by atoms with E-state index in [0.717, 1.165) is 30.0 Å². The maximum absolute atomic E-state index is 12.6. The Balaban J connectivity index is 1.34. The molecule has 2 fully saturated rings. The van der Waals surface area contributed by atoms with E-state index in [9.17, 15) is 4.79 Å². The maximum atomic E-state index is 12.6. The zero-order valence-corrected chi connectivity index (χ0v) is 14.3. The Morgan fingerprint density at radius 2 is 2.12 bits per heavy atom. The molecule has 2 amide bonds. The molecule has 1 aliphatic heterocycles. The van der Waals surface area contributed by atoms with Crippen molar-refractivity contribution in [1.82, 2.24) is 20.2 Å². The lowest BCUT2D eigenvalue weighted by atomic mass is 9.85. The smallest absolute Gasteiger partial charge is 0.317 e. The van der Waals surface area contributed by atoms with Gasteiger partial charge in [0.15, 0.2) is 0 Å². The fraction of sp³-hybridized carbons (Fsp3) is 0.722. The molecule has 0 saturated heterocycles. The van der Waals surface area contributed by atoms with E-state index in [-0.39, 0.29) is 6.03 Å². The van der Waals surface area contributed by atoms with Crippen LogP contribution >= 0.6 is 0 Å². The molecule has 1 aromatic heterocycles. The lowest BCUT2D eigenvalue weighted by molar-refractivity contribution is 0.188. The Morgan fingerprint density at radius 1 is 1.29 bits per heavy atom. The monoisotopic (exact) mass is 330 g/mol. The number of aromatic nitrogens is 2. The summed E-state index contributed by atoms with van der Waals surface area (Å²) in [6.45, 7) is 1.24. The lowest BCUT2D eigenvalue weighted by Crippen LogP contribution is -2.44. The van der Waals surface area contributed by atoms with Crippen LogP contribution < -0.4 is 10.1 Å². The first kappa shape index (κ1) is 15.7. The Morgan fingerprint density at radius 3 is 2.92 bits per heavy atom. The van der Waals surface area contributed by atoms with Crippen LogP contribution in [0.2, 0.25) is 0 Å². The minimum Gasteiger partial charge on any atom is -0.481 e. The second kappa shape index (κ2) is 6.57. The third-order valence-corrected chi connectivity index (χ3v) is 5.85. The van der Waals surface area contributed by atoms with Gasteiger partial charge in [0.25, 0.3) is 0 Å². The van der Waals surface area contributed by atoms with Crippen molar-refractivity contribution in [3.05, 3.63) is 17.6 Å². The lowest BCUT2D eigenvalue weighted by Gasteiger charge is -2.29. The summed E-state index contributed by atoms with van der Waals surface area (Å²) in [5, 5.41) is 3.24. The number of carbonyl (C=O) groups is 1. The van der Waals surface area contributed by atoms with Crippen LogP contribution in [0.4, 0.5) is 4.79 Å². The number of nitrogens with zero attached hydrogens (tertiary/aromatic N) is 3. The minimum atomic E-state index is 0.0508. The summed E-state index contributed by atoms with van der Waals surface area (Å²) in [7, 11) is 1.61. The molecule has 6 nitrogen and oxygen atoms in total. The highest BCUT2D eigenvalue weighted by molar-refractivity contribution is 5.75. The predicted molar refractivity (Wildman–Crippen MR) is 89.7 cm³/mol. The number of rotatable bonds is 3. The van der Waals surface area contributed by atoms with Crippen LogP contribution in [0.5, 0.6) is 5.88 Å². The Labute approximate surface area is 143 Å². The molecule has 6 heteroatoms. The van der Waals surface area contributed by atoms with Crippen molar-refractivity contribution >= 4 is 6.03 Å². The Kier molecular flexibility index (Phi) is 4.29. The van der Waals surface area contributed by atoms with Crippen LogP contribution in [-0.4, -0.2) is 40.6 Å². The second-order valence-corrected chi connectivity index (χ2v) is 7.33. The molecule has 2 atom stereocenters. The van der Waals surface area contributed by atoms with E-state index < -0.39 is 0 Å². The van der Waals surface area contributed by atoms with Crippen molar-refractivity contribution in [2.75, 3.05) is 13.7 Å². The number of amides is 2. The van der Waals surface area contributed by atoms with Gasteiger partial charge in [-0.25, -0.2) is 14.8 Å². The molecular formula is C18H26N4O2. The number of carbonyl (C=O) groups excluding carboxylic acids is 1. The van der Waals surface area contributed by atoms with E-state index in [1.54, 1.807) is 7.11 Å². The molecule has 0 aromatic carbocycles. The van der Waals surface area contributed by atoms with Gasteiger partial charge in [-0.05, 0) is 18.3 Å². The summed E-state index contributed by atoms with van der Waals surface area (Å²) in [6, 6.07) is 0.436. The Hall–Kier alpha value is -1.85. The standard InChI is InChI=1S/C18H26N4O2/c1-24-17-14-10-22(8-7-15(14)19-11-20-17)18(23)21-16-9-13(16)12-5-3-2-4-6-12/h11-13,16H,2-10H2,1H3,(H,21,23)/t13-,16-/m1/s1. The zero-order valence-electron chi connectivity index (χ0n) is 14.3. The molecule has 0 unspecified atom stereocenters. The molecule has 2 aliphatic carbocycles. The molecule has 130 valence electrons. The molecule has 0 radical (unpaired) electrons. The van der Waals surface area contributed by atoms with Crippen LogP contribution in [0.15, 0.2) is 6.33 Å². The first-order valence-corrected chi connectivity index (χ1v) is 9.18. The van der Waals surface area contributed by atoms with E-state index in [1.807, 2.05) is 4.90 Å². The molecule has 3 aliphatic rings. The van der Waals surface area contributed by atoms with Crippen LogP contribution in [0.25, 0.3) is 0 Å². The van der Waals surface area contributed by atoms with Gasteiger partial charge < -0.3 is 15.0 Å². The van der Waals surface area contributed by atoms with E-state index in [1.165, 1.54) is 38.4 Å². The van der Waals surface area contributed by atoms with Crippen LogP contribution in [0, 0.1) is 11.8 Å². The zero-order chi connectivity index (χ0) is 16.5. The SMILES string of the molecule is COc1ncnc2c1CN(C(=O)N[C@@H]1C[C@@H]1C1CCCCC1)CC2. The topological polar surface area (TPSA) is 67.4 Å². The molecule has 2 saturated carbocycles. The number of ether oxygens (including phenoxy) is 1. The van der Waals surface area contributed by atoms with Crippen molar-refractivity contribution in [1.29, 1.82) is 0 Å². The van der Waals surface area contributed by atoms with Crippen LogP contribution in [-0.2, 0) is 13.0 Å². The molecule has 0 spiro atoms. The second-order valence-electron chi connectivity index (χ2n) is 7.33. The number of nitrogens with one attached hydrogen (secondary N) is 1. The van der Waals surface area contributed by atoms with Gasteiger partial charge in [0.2, 0.25) is 5.88 Å². The van der Waals surface area contributed by atoms with E-state index in [0.29, 0.717) is 30.9 Å². The van der Waals surface area contributed by atoms with Gasteiger partial charge in [-0.2, -0.15) is 0 Å². The van der Waals surface area contributed by atoms with Crippen molar-refractivity contribution in [2.45, 2.75) is 57.5 Å². The predicted octanol–water partition coefficient (Wildman–Crippen LogP) is 2.52. The summed E-state index contributed by atoms with van der Waals surface area (Å²) in [4.78, 5) is 23.0. The van der Waals surface area contributed by atoms with Gasteiger partial charge in [0, 0.05) is 19.0 Å². The van der Waals surface area contributed by atoms with Crippen molar-refractivity contribution in [3.63, 3.8) is 0 Å². The van der Waals surface area contributed by atoms with Gasteiger partial charge in [-0.3, -0.25) is 0 Å². The van der Waals surface area contributed by atoms with Crippen LogP contribution in [0.3, 0.4) is 0 Å². The molecular weight excluding hydrogens is 304 g/mol. The molecule has 4 rings (SSSR count). The molecule has 1 N–H and O–H groups in total. The van der Waals surface area contributed by atoms with E-state index in [2.05, 4.69) is 15.3 Å². The summed E-state index contributed by atoms with van der Waals surface area (Å²) in [5.41, 5.74) is 1.94. The molecule has 0 bridgehead atoms. The number of hydrogen-bond donors (Lipinski definition) is 1. The fourth-order valence-electron chi connectivity index (χ4n) is 4.38. The van der Waals surface area contributed by atoms with E-state index in [4.69, 9.17) is 4.74 Å². The summed E-state index contributed by atoms with van der Waals surface area (Å²) >= 11 is 0. The summed E-state index contributed by atoms with van der Waals surface area (Å²) in [5.74, 6) is 2.13. The van der Waals surface area contributed by atoms with Crippen molar-refractivity contribution in [3.8, 4) is 5.88 Å². The quantitative estimate of drug-likeness (QED) is 0.925. The number of methoxy groups -OCH3 is 1. The third-order valence-electron chi connectivity index (χ3n) is 5.85. The van der Waals surface area contributed by atoms with Gasteiger partial charge in [-0.15, -0.1) is 0 Å². The highest BCUT2D eigenvalue weighted by Crippen LogP contribution is 2.44. The summed E-state index contributed by atoms with van der Waals surface area (Å²) in [6.07, 6.45) is 10.3. The molecule has 1 aromatic rings. The van der Waals surface area contributed by atoms with Gasteiger partial charge in [0.05, 0.1) is 24.9 Å². The minimum absolute atomic E-state index is 0.0508. The van der Waals surface area contributed by atoms with Crippen molar-refractivity contribution in [2.24, 2.45) is 11.8 Å². The van der Waals surface area contributed by atoms with E-state index >= 15 is 0 Å². The molecule has 2 heterocycles. The van der Waals surface area contributed by atoms with Crippen molar-refractivity contribution < 1.29 is 9.53 Å². The highest BCUT2D eigenvalue weighted by atomic mass is 16.5. The largest absolute Gasteiger partial charge is 0.481 e. The van der Waals surface area contributed by atoms with Crippen LogP contribution in [0.1, 0.15) is 49.8 Å². The fourth-order valence-corrected chi connectivity index (χ4v) is 4.38. The van der Waals surface area contributed by atoms with Gasteiger partial charge in [0.1, 0.15) is 6.33 Å². The third kappa shape index (κ3) is 3.06. The van der Waals surface area contributed by atoms with Gasteiger partial charge >= 0.3 is 6.03 Å². The maximum Gasteiger partial charge on any atom is 0.317 e. The summed E-state index contributed by atoms with van der Waals surface area (Å²) < 4.78 is 5.32. The average Bonchev–Trinajstić information content (AvgIpc) is 3.40. The van der Waals surface area contributed by atoms with Gasteiger partial charge in [-0.1, -0.05) is 32.1 Å². The number of urea groups is 1. The normalized spacial score (nSPS) is 26.6. The Bertz CT molecular complexity index is 601.